The Morgan fingerprint density at radius 2 is 1.91 bits per heavy atom. The Hall–Kier alpha value is -1.85. The van der Waals surface area contributed by atoms with E-state index in [-0.39, 0.29) is 24.0 Å². The normalized spacial score (nSPS) is 24.5. The lowest BCUT2D eigenvalue weighted by Crippen LogP contribution is -2.56. The Morgan fingerprint density at radius 1 is 1.27 bits per heavy atom. The zero-order valence-electron chi connectivity index (χ0n) is 13.3. The molecule has 2 saturated heterocycles. The van der Waals surface area contributed by atoms with E-state index in [2.05, 4.69) is 9.88 Å². The van der Waals surface area contributed by atoms with Crippen LogP contribution in [-0.4, -0.2) is 46.8 Å². The molecule has 2 aliphatic heterocycles. The first-order chi connectivity index (χ1) is 10.3. The van der Waals surface area contributed by atoms with Crippen LogP contribution >= 0.6 is 0 Å². The van der Waals surface area contributed by atoms with Crippen molar-refractivity contribution in [3.8, 4) is 0 Å². The number of hydrogen-bond acceptors (Lipinski definition) is 4. The molecule has 0 aromatic carbocycles. The van der Waals surface area contributed by atoms with Gasteiger partial charge in [0, 0.05) is 31.2 Å². The first kappa shape index (κ1) is 15.1. The van der Waals surface area contributed by atoms with Gasteiger partial charge in [-0.1, -0.05) is 0 Å². The van der Waals surface area contributed by atoms with Crippen LogP contribution in [0.15, 0.2) is 18.5 Å². The summed E-state index contributed by atoms with van der Waals surface area (Å²) in [6.07, 6.45) is 4.64. The number of piperazine rings is 1. The fraction of sp³-hybridized carbons (Fsp3) is 0.625. The van der Waals surface area contributed by atoms with Gasteiger partial charge in [0.25, 0.3) is 0 Å². The molecule has 3 heterocycles. The van der Waals surface area contributed by atoms with Crippen molar-refractivity contribution in [3.63, 3.8) is 0 Å². The minimum Gasteiger partial charge on any atom is -0.444 e. The molecule has 0 saturated carbocycles. The van der Waals surface area contributed by atoms with Gasteiger partial charge in [0.05, 0.1) is 18.1 Å². The number of carbonyl (C=O) groups is 1. The predicted octanol–water partition coefficient (Wildman–Crippen LogP) is 2.81. The van der Waals surface area contributed by atoms with E-state index in [1.54, 1.807) is 11.1 Å². The summed E-state index contributed by atoms with van der Waals surface area (Å²) >= 11 is 0. The maximum Gasteiger partial charge on any atom is 0.410 e. The number of aromatic nitrogens is 1. The van der Waals surface area contributed by atoms with Gasteiger partial charge < -0.3 is 14.5 Å². The summed E-state index contributed by atoms with van der Waals surface area (Å²) in [5.41, 5.74) is 0.316. The number of pyridine rings is 1. The molecule has 22 heavy (non-hydrogen) atoms. The predicted molar refractivity (Wildman–Crippen MR) is 81.3 cm³/mol. The van der Waals surface area contributed by atoms with E-state index < -0.39 is 5.60 Å². The highest BCUT2D eigenvalue weighted by Crippen LogP contribution is 2.35. The lowest BCUT2D eigenvalue weighted by Gasteiger charge is -2.42. The van der Waals surface area contributed by atoms with Gasteiger partial charge in [-0.25, -0.2) is 9.18 Å². The molecular formula is C16H22FN3O2. The highest BCUT2D eigenvalue weighted by molar-refractivity contribution is 5.69. The van der Waals surface area contributed by atoms with E-state index in [0.717, 1.165) is 18.5 Å². The molecule has 0 spiro atoms. The third kappa shape index (κ3) is 3.00. The number of likely N-dealkylation sites (tertiary alicyclic amines) is 1. The van der Waals surface area contributed by atoms with E-state index in [9.17, 15) is 9.18 Å². The van der Waals surface area contributed by atoms with Crippen molar-refractivity contribution in [1.29, 1.82) is 0 Å². The standard InChI is InChI=1S/C16H22FN3O2/c1-16(2,3)22-15(21)19-9-12-4-5-13(10-19)20(12)14-6-11(17)7-18-8-14/h6-8,12-13H,4-5,9-10H2,1-3H3/t12-,13-/m0/s1. The topological polar surface area (TPSA) is 45.7 Å². The van der Waals surface area contributed by atoms with E-state index >= 15 is 0 Å². The van der Waals surface area contributed by atoms with Crippen molar-refractivity contribution in [1.82, 2.24) is 9.88 Å². The number of fused-ring (bicyclic) bond motifs is 2. The summed E-state index contributed by atoms with van der Waals surface area (Å²) in [6.45, 7) is 6.83. The van der Waals surface area contributed by atoms with E-state index in [0.29, 0.717) is 13.1 Å². The average Bonchev–Trinajstić information content (AvgIpc) is 2.67. The van der Waals surface area contributed by atoms with Crippen molar-refractivity contribution in [2.75, 3.05) is 18.0 Å². The number of hydrogen-bond donors (Lipinski definition) is 0. The molecule has 120 valence electrons. The van der Waals surface area contributed by atoms with Crippen molar-refractivity contribution in [2.24, 2.45) is 0 Å². The molecule has 5 nitrogen and oxygen atoms in total. The average molecular weight is 307 g/mol. The van der Waals surface area contributed by atoms with Gasteiger partial charge in [-0.2, -0.15) is 0 Å². The summed E-state index contributed by atoms with van der Waals surface area (Å²) < 4.78 is 18.9. The zero-order chi connectivity index (χ0) is 15.9. The maximum atomic E-state index is 13.4. The molecule has 0 N–H and O–H groups in total. The van der Waals surface area contributed by atoms with Gasteiger partial charge in [0.2, 0.25) is 0 Å². The second kappa shape index (κ2) is 5.41. The molecule has 1 aromatic rings. The lowest BCUT2D eigenvalue weighted by atomic mass is 10.1. The monoisotopic (exact) mass is 307 g/mol. The van der Waals surface area contributed by atoms with Crippen LogP contribution in [0.25, 0.3) is 0 Å². The van der Waals surface area contributed by atoms with E-state index in [1.165, 1.54) is 12.3 Å². The van der Waals surface area contributed by atoms with Crippen molar-refractivity contribution < 1.29 is 13.9 Å². The van der Waals surface area contributed by atoms with Crippen LogP contribution in [0.4, 0.5) is 14.9 Å². The van der Waals surface area contributed by atoms with Crippen LogP contribution in [0.1, 0.15) is 33.6 Å². The number of rotatable bonds is 1. The molecule has 1 amide bonds. The second-order valence-electron chi connectivity index (χ2n) is 7.04. The number of amides is 1. The molecule has 6 heteroatoms. The van der Waals surface area contributed by atoms with Crippen LogP contribution in [0.2, 0.25) is 0 Å². The third-order valence-corrected chi connectivity index (χ3v) is 4.12. The fourth-order valence-corrected chi connectivity index (χ4v) is 3.34. The van der Waals surface area contributed by atoms with Crippen molar-refractivity contribution in [2.45, 2.75) is 51.3 Å². The SMILES string of the molecule is CC(C)(C)OC(=O)N1C[C@@H]2CC[C@@H](C1)N2c1cncc(F)c1. The molecule has 2 fully saturated rings. The molecule has 0 radical (unpaired) electrons. The molecule has 2 aliphatic rings. The molecule has 0 unspecified atom stereocenters. The summed E-state index contributed by atoms with van der Waals surface area (Å²) in [5.74, 6) is -0.327. The Labute approximate surface area is 130 Å². The van der Waals surface area contributed by atoms with Gasteiger partial charge in [-0.15, -0.1) is 0 Å². The van der Waals surface area contributed by atoms with Crippen molar-refractivity contribution >= 4 is 11.8 Å². The number of anilines is 1. The summed E-state index contributed by atoms with van der Waals surface area (Å²) in [7, 11) is 0. The van der Waals surface area contributed by atoms with Crippen LogP contribution in [0, 0.1) is 5.82 Å². The van der Waals surface area contributed by atoms with Crippen LogP contribution < -0.4 is 4.90 Å². The molecule has 0 aliphatic carbocycles. The van der Waals surface area contributed by atoms with Crippen LogP contribution in [0.3, 0.4) is 0 Å². The molecule has 2 bridgehead atoms. The lowest BCUT2D eigenvalue weighted by molar-refractivity contribution is 0.0209. The second-order valence-corrected chi connectivity index (χ2v) is 7.04. The van der Waals surface area contributed by atoms with Gasteiger partial charge in [0.1, 0.15) is 11.4 Å². The Morgan fingerprint density at radius 3 is 2.45 bits per heavy atom. The summed E-state index contributed by atoms with van der Waals surface area (Å²) in [5, 5.41) is 0. The largest absolute Gasteiger partial charge is 0.444 e. The Balaban J connectivity index is 1.73. The molecular weight excluding hydrogens is 285 g/mol. The van der Waals surface area contributed by atoms with Gasteiger partial charge in [-0.05, 0) is 33.6 Å². The quantitative estimate of drug-likeness (QED) is 0.800. The fourth-order valence-electron chi connectivity index (χ4n) is 3.34. The zero-order valence-corrected chi connectivity index (χ0v) is 13.3. The molecule has 3 rings (SSSR count). The molecule has 1 aromatic heterocycles. The van der Waals surface area contributed by atoms with Crippen molar-refractivity contribution in [3.05, 3.63) is 24.3 Å². The highest BCUT2D eigenvalue weighted by atomic mass is 19.1. The van der Waals surface area contributed by atoms with Crippen LogP contribution in [0.5, 0.6) is 0 Å². The number of halogens is 1. The van der Waals surface area contributed by atoms with Gasteiger partial charge in [-0.3, -0.25) is 4.98 Å². The summed E-state index contributed by atoms with van der Waals surface area (Å²) in [6, 6.07) is 1.92. The molecule has 2 atom stereocenters. The van der Waals surface area contributed by atoms with Gasteiger partial charge >= 0.3 is 6.09 Å². The highest BCUT2D eigenvalue weighted by Gasteiger charge is 2.42. The maximum absolute atomic E-state index is 13.4. The van der Waals surface area contributed by atoms with Gasteiger partial charge in [0.15, 0.2) is 0 Å². The van der Waals surface area contributed by atoms with Crippen LogP contribution in [-0.2, 0) is 4.74 Å². The minimum atomic E-state index is -0.486. The summed E-state index contributed by atoms with van der Waals surface area (Å²) in [4.78, 5) is 20.2. The number of nitrogens with zero attached hydrogens (tertiary/aromatic N) is 3. The third-order valence-electron chi connectivity index (χ3n) is 4.12. The first-order valence-electron chi connectivity index (χ1n) is 7.70. The first-order valence-corrected chi connectivity index (χ1v) is 7.70. The number of carbonyl (C=O) groups excluding carboxylic acids is 1. The smallest absolute Gasteiger partial charge is 0.410 e. The minimum absolute atomic E-state index is 0.204. The van der Waals surface area contributed by atoms with E-state index in [1.807, 2.05) is 20.8 Å². The number of ether oxygens (including phenoxy) is 1. The Bertz CT molecular complexity index is 559. The Kier molecular flexibility index (Phi) is 3.70. The van der Waals surface area contributed by atoms with E-state index in [4.69, 9.17) is 4.74 Å².